The number of esters is 2. The molecule has 0 saturated carbocycles. The molecule has 295 valence electrons. The molecular formula is C37H80BN3NaO8. The van der Waals surface area contributed by atoms with E-state index < -0.39 is 0 Å². The van der Waals surface area contributed by atoms with Crippen molar-refractivity contribution in [2.45, 2.75) is 163 Å². The second-order valence-corrected chi connectivity index (χ2v) is 13.3. The van der Waals surface area contributed by atoms with E-state index in [0.29, 0.717) is 52.1 Å². The van der Waals surface area contributed by atoms with Crippen molar-refractivity contribution in [3.8, 4) is 0 Å². The monoisotopic (exact) mass is 729 g/mol. The fraction of sp³-hybridized carbons (Fsp3) is 0.919. The molecule has 0 spiro atoms. The van der Waals surface area contributed by atoms with Gasteiger partial charge >= 0.3 is 41.5 Å². The van der Waals surface area contributed by atoms with Crippen LogP contribution in [0.5, 0.6) is 0 Å². The Balaban J connectivity index is -0.000000110. The van der Waals surface area contributed by atoms with Gasteiger partial charge in [-0.25, -0.2) is 0 Å². The van der Waals surface area contributed by atoms with Crippen LogP contribution in [0.25, 0.3) is 0 Å². The molecule has 0 amide bonds. The molecule has 0 bridgehead atoms. The third-order valence-electron chi connectivity index (χ3n) is 5.72. The minimum absolute atomic E-state index is 0. The Kier molecular flexibility index (Phi) is 59.5. The zero-order chi connectivity index (χ0) is 37.4. The Bertz CT molecular complexity index is 683. The number of aldehydes is 1. The first-order valence-corrected chi connectivity index (χ1v) is 18.4. The van der Waals surface area contributed by atoms with Crippen LogP contribution < -0.4 is 46.8 Å². The Morgan fingerprint density at radius 2 is 0.820 bits per heavy atom. The van der Waals surface area contributed by atoms with Gasteiger partial charge in [0, 0.05) is 67.3 Å². The van der Waals surface area contributed by atoms with Crippen LogP contribution in [0.4, 0.5) is 0 Å². The number of carbonyl (C=O) groups is 3. The van der Waals surface area contributed by atoms with Gasteiger partial charge in [-0.2, -0.15) is 0 Å². The van der Waals surface area contributed by atoms with Crippen molar-refractivity contribution in [2.24, 2.45) is 17.2 Å². The molecule has 0 aromatic carbocycles. The quantitative estimate of drug-likeness (QED) is 0.0516. The van der Waals surface area contributed by atoms with E-state index >= 15 is 0 Å². The van der Waals surface area contributed by atoms with Crippen LogP contribution in [-0.2, 0) is 38.1 Å². The molecular weight excluding hydrogens is 648 g/mol. The average molecular weight is 729 g/mol. The number of hydrogen-bond donors (Lipinski definition) is 3. The first-order chi connectivity index (χ1) is 22.7. The Morgan fingerprint density at radius 1 is 0.540 bits per heavy atom. The summed E-state index contributed by atoms with van der Waals surface area (Å²) < 4.78 is 26.5. The molecule has 0 saturated heterocycles. The van der Waals surface area contributed by atoms with Crippen molar-refractivity contribution >= 4 is 26.6 Å². The van der Waals surface area contributed by atoms with Gasteiger partial charge in [-0.3, -0.25) is 9.59 Å². The van der Waals surface area contributed by atoms with Gasteiger partial charge in [-0.1, -0.05) is 39.5 Å². The summed E-state index contributed by atoms with van der Waals surface area (Å²) in [5.74, 6) is -0.235. The summed E-state index contributed by atoms with van der Waals surface area (Å²) in [5, 5.41) is 0. The molecule has 0 aromatic heterocycles. The summed E-state index contributed by atoms with van der Waals surface area (Å²) in [6.07, 6.45) is 15.1. The fourth-order valence-corrected chi connectivity index (χ4v) is 3.40. The van der Waals surface area contributed by atoms with Gasteiger partial charge in [-0.05, 0) is 113 Å². The molecule has 0 fully saturated rings. The fourth-order valence-electron chi connectivity index (χ4n) is 3.40. The van der Waals surface area contributed by atoms with Crippen LogP contribution in [0.15, 0.2) is 0 Å². The third kappa shape index (κ3) is 73.0. The van der Waals surface area contributed by atoms with E-state index in [1.165, 1.54) is 25.7 Å². The van der Waals surface area contributed by atoms with E-state index in [9.17, 15) is 14.4 Å². The maximum Gasteiger partial charge on any atom is 1.00 e. The minimum atomic E-state index is -0.380. The smallest absolute Gasteiger partial charge is 1.00 e. The summed E-state index contributed by atoms with van der Waals surface area (Å²) in [6, 6.07) is 0. The molecule has 0 unspecified atom stereocenters. The molecule has 11 nitrogen and oxygen atoms in total. The second-order valence-electron chi connectivity index (χ2n) is 13.3. The van der Waals surface area contributed by atoms with E-state index in [1.54, 1.807) is 0 Å². The van der Waals surface area contributed by atoms with Crippen molar-refractivity contribution in [2.75, 3.05) is 59.3 Å². The van der Waals surface area contributed by atoms with Crippen molar-refractivity contribution < 1.29 is 69.1 Å². The summed E-state index contributed by atoms with van der Waals surface area (Å²) in [7, 11) is 0. The molecule has 0 aromatic rings. The Morgan fingerprint density at radius 3 is 1.08 bits per heavy atom. The van der Waals surface area contributed by atoms with Gasteiger partial charge in [0.25, 0.3) is 0 Å². The molecule has 6 N–H and O–H groups in total. The topological polar surface area (TPSA) is 175 Å². The van der Waals surface area contributed by atoms with Gasteiger partial charge in [0.1, 0.15) is 17.5 Å². The summed E-state index contributed by atoms with van der Waals surface area (Å²) in [4.78, 5) is 31.9. The van der Waals surface area contributed by atoms with Crippen LogP contribution in [-0.4, -0.2) is 97.1 Å². The van der Waals surface area contributed by atoms with Gasteiger partial charge in [0.15, 0.2) is 0 Å². The van der Waals surface area contributed by atoms with Crippen molar-refractivity contribution in [1.82, 2.24) is 0 Å². The average Bonchev–Trinajstić information content (AvgIpc) is 3.00. The van der Waals surface area contributed by atoms with Gasteiger partial charge in [0.05, 0.1) is 0 Å². The predicted molar refractivity (Wildman–Crippen MR) is 205 cm³/mol. The van der Waals surface area contributed by atoms with Crippen LogP contribution in [0.1, 0.15) is 153 Å². The maximum absolute atomic E-state index is 11.4. The van der Waals surface area contributed by atoms with Crippen LogP contribution in [0.2, 0.25) is 0 Å². The number of hydrogen-bond acceptors (Lipinski definition) is 11. The largest absolute Gasteiger partial charge is 1.00 e. The van der Waals surface area contributed by atoms with E-state index in [2.05, 4.69) is 6.92 Å². The van der Waals surface area contributed by atoms with E-state index in [4.69, 9.17) is 40.9 Å². The molecule has 0 heterocycles. The van der Waals surface area contributed by atoms with Crippen LogP contribution in [0, 0.1) is 0 Å². The summed E-state index contributed by atoms with van der Waals surface area (Å²) >= 11 is 0. The van der Waals surface area contributed by atoms with E-state index in [1.807, 2.05) is 48.5 Å². The van der Waals surface area contributed by atoms with E-state index in [0.717, 1.165) is 84.1 Å². The van der Waals surface area contributed by atoms with E-state index in [-0.39, 0.29) is 62.5 Å². The number of carbonyl (C=O) groups excluding carboxylic acids is 3. The van der Waals surface area contributed by atoms with Crippen LogP contribution >= 0.6 is 0 Å². The Labute approximate surface area is 333 Å². The van der Waals surface area contributed by atoms with Crippen molar-refractivity contribution in [3.05, 3.63) is 0 Å². The standard InChI is InChI=1S/C16H32O3.C12H25NO3.C6H16N2O.C3H6O.B.Na.H/c1-5-6-7-8-10-13-18-14-11-9-12-15(17)19-16(2,3)4;1-12(2,3)16-11(14)7-4-5-9-15-10-6-8-13;7-3-1-5-9-6-2-4-8;1-2-3-4;;;/h5-14H2,1-4H3;4-10,13H2,1-3H3;1-8H2;3H,2H2,1H3;;;/q;;;;;+1;-1. The molecule has 0 rings (SSSR count). The van der Waals surface area contributed by atoms with Gasteiger partial charge < -0.3 is 47.1 Å². The number of nitrogens with two attached hydrogens (primary N) is 3. The minimum Gasteiger partial charge on any atom is -1.00 e. The molecule has 0 atom stereocenters. The molecule has 0 aliphatic rings. The molecule has 0 aliphatic carbocycles. The zero-order valence-electron chi connectivity index (χ0n) is 35.1. The molecule has 50 heavy (non-hydrogen) atoms. The SMILES string of the molecule is CC(C)(C)OC(=O)CCCCOCCCN.CCC=O.CCCCCCCOCCCCC(=O)OC(C)(C)C.NCCCOCCCN.[B].[H-].[Na+]. The molecule has 3 radical (unpaired) electrons. The molecule has 0 aliphatic heterocycles. The van der Waals surface area contributed by atoms with Gasteiger partial charge in [-0.15, -0.1) is 0 Å². The maximum atomic E-state index is 11.4. The predicted octanol–water partition coefficient (Wildman–Crippen LogP) is 3.38. The third-order valence-corrected chi connectivity index (χ3v) is 5.72. The summed E-state index contributed by atoms with van der Waals surface area (Å²) in [5.41, 5.74) is 15.1. The zero-order valence-corrected chi connectivity index (χ0v) is 36.1. The number of ether oxygens (including phenoxy) is 5. The second kappa shape index (κ2) is 48.4. The Hall–Kier alpha value is -0.565. The summed E-state index contributed by atoms with van der Waals surface area (Å²) in [6.45, 7) is 22.0. The molecule has 13 heteroatoms. The van der Waals surface area contributed by atoms with Crippen LogP contribution in [0.3, 0.4) is 0 Å². The normalized spacial score (nSPS) is 10.4. The van der Waals surface area contributed by atoms with Crippen molar-refractivity contribution in [3.63, 3.8) is 0 Å². The number of unbranched alkanes of at least 4 members (excludes halogenated alkanes) is 6. The first-order valence-electron chi connectivity index (χ1n) is 18.4. The van der Waals surface area contributed by atoms with Gasteiger partial charge in [0.2, 0.25) is 0 Å². The van der Waals surface area contributed by atoms with Crippen molar-refractivity contribution in [1.29, 1.82) is 0 Å². The first kappa shape index (κ1) is 61.5. The number of rotatable bonds is 26.